The summed E-state index contributed by atoms with van der Waals surface area (Å²) in [5.41, 5.74) is 7.01. The van der Waals surface area contributed by atoms with Gasteiger partial charge in [0.15, 0.2) is 0 Å². The Bertz CT molecular complexity index is 457. The Morgan fingerprint density at radius 2 is 1.65 bits per heavy atom. The van der Waals surface area contributed by atoms with Gasteiger partial charge in [0.2, 0.25) is 5.91 Å². The third-order valence-electron chi connectivity index (χ3n) is 2.65. The van der Waals surface area contributed by atoms with Crippen LogP contribution in [-0.2, 0) is 9.53 Å². The van der Waals surface area contributed by atoms with Crippen LogP contribution in [0.25, 0.3) is 0 Å². The second-order valence-electron chi connectivity index (χ2n) is 4.92. The zero-order valence-electron chi connectivity index (χ0n) is 12.0. The minimum Gasteiger partial charge on any atom is -0.453 e. The van der Waals surface area contributed by atoms with E-state index in [2.05, 4.69) is 15.4 Å². The van der Waals surface area contributed by atoms with E-state index in [-0.39, 0.29) is 5.91 Å². The van der Waals surface area contributed by atoms with E-state index in [0.717, 1.165) is 0 Å². The first-order chi connectivity index (χ1) is 9.42. The number of ether oxygens (including phenoxy) is 1. The minimum absolute atomic E-state index is 0.215. The van der Waals surface area contributed by atoms with Crippen LogP contribution in [-0.4, -0.2) is 25.2 Å². The molecule has 2 amide bonds. The number of amides is 2. The highest BCUT2D eigenvalue weighted by molar-refractivity contribution is 5.95. The molecule has 0 radical (unpaired) electrons. The molecule has 0 aliphatic carbocycles. The number of rotatable bonds is 5. The number of nitrogens with one attached hydrogen (secondary N) is 2. The van der Waals surface area contributed by atoms with Crippen molar-refractivity contribution in [3.63, 3.8) is 0 Å². The van der Waals surface area contributed by atoms with E-state index in [1.165, 1.54) is 7.11 Å². The second kappa shape index (κ2) is 7.49. The fourth-order valence-electron chi connectivity index (χ4n) is 1.66. The highest BCUT2D eigenvalue weighted by atomic mass is 16.5. The van der Waals surface area contributed by atoms with E-state index in [0.29, 0.717) is 23.7 Å². The van der Waals surface area contributed by atoms with Crippen molar-refractivity contribution in [1.82, 2.24) is 0 Å². The fraction of sp³-hybridized carbons (Fsp3) is 0.429. The molecular weight excluding hydrogens is 258 g/mol. The molecule has 0 spiro atoms. The monoisotopic (exact) mass is 279 g/mol. The summed E-state index contributed by atoms with van der Waals surface area (Å²) >= 11 is 0. The van der Waals surface area contributed by atoms with Crippen LogP contribution in [0.5, 0.6) is 0 Å². The minimum atomic E-state index is -0.541. The largest absolute Gasteiger partial charge is 0.453 e. The van der Waals surface area contributed by atoms with Crippen LogP contribution >= 0.6 is 0 Å². The van der Waals surface area contributed by atoms with Gasteiger partial charge in [-0.15, -0.1) is 0 Å². The molecule has 20 heavy (non-hydrogen) atoms. The van der Waals surface area contributed by atoms with Crippen LogP contribution in [0.4, 0.5) is 16.2 Å². The molecule has 0 aliphatic rings. The van der Waals surface area contributed by atoms with Gasteiger partial charge in [-0.25, -0.2) is 4.79 Å². The number of methoxy groups -OCH3 is 1. The van der Waals surface area contributed by atoms with Gasteiger partial charge < -0.3 is 15.8 Å². The lowest BCUT2D eigenvalue weighted by molar-refractivity contribution is -0.117. The van der Waals surface area contributed by atoms with Crippen molar-refractivity contribution in [1.29, 1.82) is 0 Å². The summed E-state index contributed by atoms with van der Waals surface area (Å²) in [5, 5.41) is 5.26. The van der Waals surface area contributed by atoms with Crippen LogP contribution in [0.3, 0.4) is 0 Å². The highest BCUT2D eigenvalue weighted by Gasteiger charge is 2.14. The van der Waals surface area contributed by atoms with Crippen molar-refractivity contribution < 1.29 is 14.3 Å². The Kier molecular flexibility index (Phi) is 5.99. The summed E-state index contributed by atoms with van der Waals surface area (Å²) in [4.78, 5) is 22.8. The molecular formula is C14H21N3O3. The smallest absolute Gasteiger partial charge is 0.411 e. The van der Waals surface area contributed by atoms with E-state index in [4.69, 9.17) is 5.73 Å². The van der Waals surface area contributed by atoms with Gasteiger partial charge in [0.25, 0.3) is 0 Å². The molecule has 1 atom stereocenters. The first kappa shape index (κ1) is 16.0. The molecule has 0 heterocycles. The topological polar surface area (TPSA) is 93.5 Å². The standard InChI is InChI=1S/C14H21N3O3/c1-9(2)8-12(15)13(18)16-10-4-6-11(7-5-10)17-14(19)20-3/h4-7,9,12H,8,15H2,1-3H3,(H,16,18)(H,17,19)/t12-/m1/s1. The Balaban J connectivity index is 2.56. The summed E-state index contributed by atoms with van der Waals surface area (Å²) in [7, 11) is 1.29. The van der Waals surface area contributed by atoms with Crippen LogP contribution in [0.1, 0.15) is 20.3 Å². The highest BCUT2D eigenvalue weighted by Crippen LogP contribution is 2.14. The predicted octanol–water partition coefficient (Wildman–Crippen LogP) is 2.18. The number of hydrogen-bond acceptors (Lipinski definition) is 4. The average molecular weight is 279 g/mol. The number of nitrogens with two attached hydrogens (primary N) is 1. The van der Waals surface area contributed by atoms with Crippen molar-refractivity contribution in [3.8, 4) is 0 Å². The molecule has 0 bridgehead atoms. The third-order valence-corrected chi connectivity index (χ3v) is 2.65. The van der Waals surface area contributed by atoms with E-state index < -0.39 is 12.1 Å². The zero-order chi connectivity index (χ0) is 15.1. The van der Waals surface area contributed by atoms with Crippen LogP contribution < -0.4 is 16.4 Å². The molecule has 0 fully saturated rings. The molecule has 1 aromatic rings. The van der Waals surface area contributed by atoms with Crippen LogP contribution in [0.15, 0.2) is 24.3 Å². The molecule has 0 aromatic heterocycles. The molecule has 0 saturated heterocycles. The first-order valence-electron chi connectivity index (χ1n) is 6.44. The first-order valence-corrected chi connectivity index (χ1v) is 6.44. The summed E-state index contributed by atoms with van der Waals surface area (Å²) in [6.45, 7) is 4.03. The number of carbonyl (C=O) groups excluding carboxylic acids is 2. The summed E-state index contributed by atoms with van der Waals surface area (Å²) in [5.74, 6) is 0.148. The van der Waals surface area contributed by atoms with Crippen molar-refractivity contribution >= 4 is 23.4 Å². The Morgan fingerprint density at radius 3 is 2.10 bits per heavy atom. The normalized spacial score (nSPS) is 11.8. The molecule has 6 heteroatoms. The number of hydrogen-bond donors (Lipinski definition) is 3. The third kappa shape index (κ3) is 5.27. The average Bonchev–Trinajstić information content (AvgIpc) is 2.40. The van der Waals surface area contributed by atoms with Crippen LogP contribution in [0.2, 0.25) is 0 Å². The lowest BCUT2D eigenvalue weighted by Crippen LogP contribution is -2.36. The molecule has 110 valence electrons. The molecule has 6 nitrogen and oxygen atoms in total. The second-order valence-corrected chi connectivity index (χ2v) is 4.92. The van der Waals surface area contributed by atoms with Crippen LogP contribution in [0, 0.1) is 5.92 Å². The maximum atomic E-state index is 11.8. The van der Waals surface area contributed by atoms with Crippen molar-refractivity contribution in [3.05, 3.63) is 24.3 Å². The maximum Gasteiger partial charge on any atom is 0.411 e. The SMILES string of the molecule is COC(=O)Nc1ccc(NC(=O)[C@H](N)CC(C)C)cc1. The summed E-state index contributed by atoms with van der Waals surface area (Å²) in [6.07, 6.45) is 0.0918. The van der Waals surface area contributed by atoms with Gasteiger partial charge in [-0.3, -0.25) is 10.1 Å². The molecule has 1 rings (SSSR count). The van der Waals surface area contributed by atoms with Crippen molar-refractivity contribution in [2.24, 2.45) is 11.7 Å². The van der Waals surface area contributed by atoms with Crippen molar-refractivity contribution in [2.45, 2.75) is 26.3 Å². The van der Waals surface area contributed by atoms with E-state index in [9.17, 15) is 9.59 Å². The Morgan fingerprint density at radius 1 is 1.15 bits per heavy atom. The van der Waals surface area contributed by atoms with Gasteiger partial charge in [-0.2, -0.15) is 0 Å². The zero-order valence-corrected chi connectivity index (χ0v) is 12.0. The molecule has 4 N–H and O–H groups in total. The van der Waals surface area contributed by atoms with Gasteiger partial charge in [0.1, 0.15) is 0 Å². The molecule has 0 saturated carbocycles. The van der Waals surface area contributed by atoms with E-state index in [1.807, 2.05) is 13.8 Å². The summed E-state index contributed by atoms with van der Waals surface area (Å²) < 4.78 is 4.48. The lowest BCUT2D eigenvalue weighted by atomic mass is 10.0. The number of anilines is 2. The van der Waals surface area contributed by atoms with Gasteiger partial charge in [-0.1, -0.05) is 13.8 Å². The molecule has 0 unspecified atom stereocenters. The van der Waals surface area contributed by atoms with Gasteiger partial charge in [0, 0.05) is 11.4 Å². The molecule has 0 aliphatic heterocycles. The maximum absolute atomic E-state index is 11.8. The number of benzene rings is 1. The Hall–Kier alpha value is -2.08. The van der Waals surface area contributed by atoms with Gasteiger partial charge in [-0.05, 0) is 36.6 Å². The quantitative estimate of drug-likeness (QED) is 0.770. The summed E-state index contributed by atoms with van der Waals surface area (Å²) in [6, 6.07) is 6.18. The van der Waals surface area contributed by atoms with Gasteiger partial charge >= 0.3 is 6.09 Å². The fourth-order valence-corrected chi connectivity index (χ4v) is 1.66. The number of carbonyl (C=O) groups is 2. The van der Waals surface area contributed by atoms with Gasteiger partial charge in [0.05, 0.1) is 13.2 Å². The van der Waals surface area contributed by atoms with Crippen molar-refractivity contribution in [2.75, 3.05) is 17.7 Å². The predicted molar refractivity (Wildman–Crippen MR) is 78.5 cm³/mol. The van der Waals surface area contributed by atoms with E-state index in [1.54, 1.807) is 24.3 Å². The lowest BCUT2D eigenvalue weighted by Gasteiger charge is -2.14. The van der Waals surface area contributed by atoms with E-state index >= 15 is 0 Å². The Labute approximate surface area is 118 Å². The molecule has 1 aromatic carbocycles.